The Morgan fingerprint density at radius 1 is 1.21 bits per heavy atom. The Morgan fingerprint density at radius 3 is 2.46 bits per heavy atom. The van der Waals surface area contributed by atoms with Gasteiger partial charge in [-0.1, -0.05) is 6.92 Å². The van der Waals surface area contributed by atoms with Crippen LogP contribution in [0.3, 0.4) is 0 Å². The number of urea groups is 1. The van der Waals surface area contributed by atoms with Crippen molar-refractivity contribution in [3.05, 3.63) is 48.0 Å². The van der Waals surface area contributed by atoms with Gasteiger partial charge in [0.1, 0.15) is 17.6 Å². The summed E-state index contributed by atoms with van der Waals surface area (Å²) in [5.74, 6) is 0.170. The molecule has 0 aromatic heterocycles. The van der Waals surface area contributed by atoms with Crippen molar-refractivity contribution in [2.75, 3.05) is 39.2 Å². The van der Waals surface area contributed by atoms with E-state index in [4.69, 9.17) is 9.47 Å². The van der Waals surface area contributed by atoms with Crippen molar-refractivity contribution in [1.82, 2.24) is 14.5 Å². The first-order chi connectivity index (χ1) is 18.4. The van der Waals surface area contributed by atoms with E-state index in [1.807, 2.05) is 20.8 Å². The minimum atomic E-state index is -3.84. The van der Waals surface area contributed by atoms with E-state index >= 15 is 0 Å². The van der Waals surface area contributed by atoms with Crippen LogP contribution in [0.25, 0.3) is 0 Å². The molecule has 3 amide bonds. The van der Waals surface area contributed by atoms with Crippen molar-refractivity contribution in [3.63, 3.8) is 0 Å². The van der Waals surface area contributed by atoms with E-state index in [2.05, 4.69) is 10.6 Å². The van der Waals surface area contributed by atoms with Crippen LogP contribution in [0.5, 0.6) is 11.5 Å². The molecule has 39 heavy (non-hydrogen) atoms. The van der Waals surface area contributed by atoms with Crippen LogP contribution in [0.1, 0.15) is 38.1 Å². The summed E-state index contributed by atoms with van der Waals surface area (Å²) in [6.07, 6.45) is -0.619. The Kier molecular flexibility index (Phi) is 9.81. The molecule has 1 aliphatic heterocycles. The minimum Gasteiger partial charge on any atom is -0.497 e. The van der Waals surface area contributed by atoms with E-state index in [-0.39, 0.29) is 53.8 Å². The van der Waals surface area contributed by atoms with Crippen molar-refractivity contribution < 1.29 is 32.6 Å². The first-order valence-electron chi connectivity index (χ1n) is 12.8. The number of fused-ring (bicyclic) bond motifs is 1. The second-order valence-electron chi connectivity index (χ2n) is 10.0. The smallest absolute Gasteiger partial charge is 0.319 e. The van der Waals surface area contributed by atoms with E-state index in [0.29, 0.717) is 11.4 Å². The number of aliphatic hydroxyl groups excluding tert-OH is 1. The van der Waals surface area contributed by atoms with Gasteiger partial charge in [-0.3, -0.25) is 4.79 Å². The molecule has 3 rings (SSSR count). The topological polar surface area (TPSA) is 138 Å². The third-order valence-corrected chi connectivity index (χ3v) is 8.38. The normalized spacial score (nSPS) is 18.6. The molecule has 2 aromatic carbocycles. The monoisotopic (exact) mass is 562 g/mol. The van der Waals surface area contributed by atoms with Gasteiger partial charge in [0.15, 0.2) is 0 Å². The number of sulfonamides is 1. The number of rotatable bonds is 9. The number of hydrogen-bond donors (Lipinski definition) is 3. The summed E-state index contributed by atoms with van der Waals surface area (Å²) >= 11 is 0. The highest BCUT2D eigenvalue weighted by atomic mass is 32.2. The lowest BCUT2D eigenvalue weighted by atomic mass is 9.99. The van der Waals surface area contributed by atoms with Crippen LogP contribution in [-0.4, -0.2) is 86.7 Å². The van der Waals surface area contributed by atoms with Crippen molar-refractivity contribution in [3.8, 4) is 11.5 Å². The van der Waals surface area contributed by atoms with E-state index in [9.17, 15) is 23.1 Å². The van der Waals surface area contributed by atoms with Gasteiger partial charge in [0.2, 0.25) is 10.0 Å². The fraction of sp³-hybridized carbons (Fsp3) is 0.481. The lowest BCUT2D eigenvalue weighted by molar-refractivity contribution is 0.0387. The average Bonchev–Trinajstić information content (AvgIpc) is 2.89. The Morgan fingerprint density at radius 2 is 1.87 bits per heavy atom. The second kappa shape index (κ2) is 12.7. The van der Waals surface area contributed by atoms with Gasteiger partial charge in [-0.2, -0.15) is 4.31 Å². The van der Waals surface area contributed by atoms with Crippen LogP contribution in [-0.2, 0) is 10.0 Å². The van der Waals surface area contributed by atoms with Gasteiger partial charge in [-0.25, -0.2) is 13.2 Å². The Hall–Kier alpha value is -3.35. The maximum Gasteiger partial charge on any atom is 0.319 e. The second-order valence-corrected chi connectivity index (χ2v) is 12.1. The molecule has 1 aliphatic rings. The molecule has 0 unspecified atom stereocenters. The Labute approximate surface area is 230 Å². The van der Waals surface area contributed by atoms with Crippen LogP contribution < -0.4 is 20.1 Å². The summed E-state index contributed by atoms with van der Waals surface area (Å²) in [7, 11) is -0.851. The van der Waals surface area contributed by atoms with Crippen molar-refractivity contribution in [2.45, 2.75) is 50.8 Å². The third-order valence-electron chi connectivity index (χ3n) is 6.55. The molecule has 1 heterocycles. The quantitative estimate of drug-likeness (QED) is 0.427. The first-order valence-corrected chi connectivity index (χ1v) is 14.2. The van der Waals surface area contributed by atoms with Crippen LogP contribution in [0.2, 0.25) is 0 Å². The van der Waals surface area contributed by atoms with Crippen LogP contribution >= 0.6 is 0 Å². The molecular formula is C27H38N4O7S. The molecule has 0 radical (unpaired) electrons. The number of nitrogens with one attached hydrogen (secondary N) is 2. The highest BCUT2D eigenvalue weighted by molar-refractivity contribution is 7.89. The number of hydrogen-bond acceptors (Lipinski definition) is 7. The van der Waals surface area contributed by atoms with E-state index in [1.54, 1.807) is 36.1 Å². The predicted molar refractivity (Wildman–Crippen MR) is 148 cm³/mol. The molecule has 0 saturated carbocycles. The zero-order chi connectivity index (χ0) is 28.9. The Balaban J connectivity index is 1.93. The number of amides is 3. The fourth-order valence-corrected chi connectivity index (χ4v) is 5.41. The number of anilines is 1. The van der Waals surface area contributed by atoms with Gasteiger partial charge in [-0.15, -0.1) is 0 Å². The molecule has 3 atom stereocenters. The largest absolute Gasteiger partial charge is 0.497 e. The van der Waals surface area contributed by atoms with Crippen LogP contribution in [0, 0.1) is 5.92 Å². The fourth-order valence-electron chi connectivity index (χ4n) is 4.23. The van der Waals surface area contributed by atoms with E-state index in [1.165, 1.54) is 36.7 Å². The molecular weight excluding hydrogens is 524 g/mol. The molecule has 3 N–H and O–H groups in total. The van der Waals surface area contributed by atoms with Gasteiger partial charge in [0, 0.05) is 31.2 Å². The third kappa shape index (κ3) is 7.20. The number of likely N-dealkylation sites (N-methyl/N-ethyl adjacent to an activating group) is 1. The van der Waals surface area contributed by atoms with Gasteiger partial charge in [0.05, 0.1) is 36.8 Å². The summed E-state index contributed by atoms with van der Waals surface area (Å²) in [6, 6.07) is 9.88. The van der Waals surface area contributed by atoms with Gasteiger partial charge in [-0.05, 0) is 63.2 Å². The van der Waals surface area contributed by atoms with E-state index in [0.717, 1.165) is 0 Å². The number of benzene rings is 2. The van der Waals surface area contributed by atoms with Gasteiger partial charge in [0.25, 0.3) is 5.91 Å². The summed E-state index contributed by atoms with van der Waals surface area (Å²) in [5, 5.41) is 15.3. The first kappa shape index (κ1) is 30.2. The molecule has 11 nitrogen and oxygen atoms in total. The minimum absolute atomic E-state index is 0.0152. The van der Waals surface area contributed by atoms with Crippen molar-refractivity contribution in [1.29, 1.82) is 0 Å². The highest BCUT2D eigenvalue weighted by Crippen LogP contribution is 2.31. The predicted octanol–water partition coefficient (Wildman–Crippen LogP) is 2.77. The van der Waals surface area contributed by atoms with Gasteiger partial charge >= 0.3 is 6.03 Å². The molecule has 214 valence electrons. The maximum absolute atomic E-state index is 13.6. The standard InChI is InChI=1S/C27H38N4O7S/c1-17(2)28-27(34)29-20-7-12-24-23(13-20)26(33)31(19(4)16-32)14-18(3)25(38-24)15-30(5)39(35,36)22-10-8-21(37-6)9-11-22/h7-13,17-19,25,32H,14-16H2,1-6H3,(H2,28,29,34)/t18-,19+,25+/m0/s1. The zero-order valence-corrected chi connectivity index (χ0v) is 24.0. The summed E-state index contributed by atoms with van der Waals surface area (Å²) in [5.41, 5.74) is 0.597. The molecule has 0 bridgehead atoms. The number of carbonyl (C=O) groups is 2. The number of ether oxygens (including phenoxy) is 2. The lowest BCUT2D eigenvalue weighted by Crippen LogP contribution is -2.50. The highest BCUT2D eigenvalue weighted by Gasteiger charge is 2.35. The van der Waals surface area contributed by atoms with E-state index < -0.39 is 28.2 Å². The molecule has 0 fully saturated rings. The van der Waals surface area contributed by atoms with Crippen LogP contribution in [0.15, 0.2) is 47.4 Å². The number of methoxy groups -OCH3 is 1. The van der Waals surface area contributed by atoms with Crippen molar-refractivity contribution in [2.24, 2.45) is 5.92 Å². The van der Waals surface area contributed by atoms with Crippen LogP contribution in [0.4, 0.5) is 10.5 Å². The summed E-state index contributed by atoms with van der Waals surface area (Å²) in [4.78, 5) is 27.5. The molecule has 0 spiro atoms. The summed E-state index contributed by atoms with van der Waals surface area (Å²) in [6.45, 7) is 7.27. The molecule has 0 saturated heterocycles. The lowest BCUT2D eigenvalue weighted by Gasteiger charge is -2.38. The number of carbonyl (C=O) groups excluding carboxylic acids is 2. The number of nitrogens with zero attached hydrogens (tertiary/aromatic N) is 2. The molecule has 12 heteroatoms. The van der Waals surface area contributed by atoms with Crippen molar-refractivity contribution >= 4 is 27.6 Å². The zero-order valence-electron chi connectivity index (χ0n) is 23.2. The maximum atomic E-state index is 13.6. The Bertz CT molecular complexity index is 1270. The summed E-state index contributed by atoms with van der Waals surface area (Å²) < 4.78 is 39.2. The number of aliphatic hydroxyl groups is 1. The molecule has 2 aromatic rings. The SMILES string of the molecule is COc1ccc(S(=O)(=O)N(C)C[C@H]2Oc3ccc(NC(=O)NC(C)C)cc3C(=O)N([C@H](C)CO)C[C@@H]2C)cc1. The average molecular weight is 563 g/mol. The van der Waals surface area contributed by atoms with Gasteiger partial charge < -0.3 is 30.1 Å². The molecule has 0 aliphatic carbocycles.